The molecule has 0 fully saturated rings. The van der Waals surface area contributed by atoms with Gasteiger partial charge in [-0.2, -0.15) is 0 Å². The summed E-state index contributed by atoms with van der Waals surface area (Å²) in [6.07, 6.45) is 0. The molecular formula is C3H6IN3O2. The molecule has 6 heteroatoms. The molecule has 0 bridgehead atoms. The second kappa shape index (κ2) is 1.89. The fourth-order valence-electron chi connectivity index (χ4n) is 0.423. The Bertz CT molecular complexity index is 150. The molecule has 1 aliphatic heterocycles. The van der Waals surface area contributed by atoms with Gasteiger partial charge in [0, 0.05) is 22.6 Å². The van der Waals surface area contributed by atoms with Gasteiger partial charge in [0.2, 0.25) is 9.65 Å². The zero-order chi connectivity index (χ0) is 7.07. The van der Waals surface area contributed by atoms with Crippen LogP contribution in [0.2, 0.25) is 0 Å². The fourth-order valence-corrected chi connectivity index (χ4v) is 0.877. The predicted molar refractivity (Wildman–Crippen MR) is 38.5 cm³/mol. The number of rotatable bonds is 0. The van der Waals surface area contributed by atoms with Crippen molar-refractivity contribution in [2.75, 3.05) is 0 Å². The molecule has 0 saturated carbocycles. The van der Waals surface area contributed by atoms with E-state index in [9.17, 15) is 0 Å². The Morgan fingerprint density at radius 2 is 1.89 bits per heavy atom. The van der Waals surface area contributed by atoms with E-state index in [2.05, 4.69) is 4.74 Å². The minimum absolute atomic E-state index is 0.126. The molecule has 5 nitrogen and oxygen atoms in total. The minimum atomic E-state index is -1.57. The van der Waals surface area contributed by atoms with E-state index in [-0.39, 0.29) is 5.88 Å². The Kier molecular flexibility index (Phi) is 1.45. The number of halogens is 1. The molecule has 0 unspecified atom stereocenters. The highest BCUT2D eigenvalue weighted by molar-refractivity contribution is 14.1. The van der Waals surface area contributed by atoms with Crippen LogP contribution in [0.5, 0.6) is 0 Å². The standard InChI is InChI=1S/C3H6IN3O2/c4-1-2(5)9-3(6,7)8-1/h5-7H2. The molecule has 6 N–H and O–H groups in total. The Morgan fingerprint density at radius 1 is 1.33 bits per heavy atom. The Hall–Kier alpha value is -0.210. The number of hydrogen-bond donors (Lipinski definition) is 3. The van der Waals surface area contributed by atoms with Crippen molar-refractivity contribution in [3.8, 4) is 0 Å². The van der Waals surface area contributed by atoms with E-state index in [4.69, 9.17) is 21.9 Å². The summed E-state index contributed by atoms with van der Waals surface area (Å²) in [5.41, 5.74) is 15.5. The predicted octanol–water partition coefficient (Wildman–Crippen LogP) is -0.918. The molecule has 0 radical (unpaired) electrons. The summed E-state index contributed by atoms with van der Waals surface area (Å²) < 4.78 is 9.77. The molecule has 0 aromatic rings. The molecule has 0 aromatic heterocycles. The van der Waals surface area contributed by atoms with Gasteiger partial charge in [0.25, 0.3) is 0 Å². The second-order valence-electron chi connectivity index (χ2n) is 1.56. The van der Waals surface area contributed by atoms with Crippen molar-refractivity contribution in [3.05, 3.63) is 9.65 Å². The zero-order valence-electron chi connectivity index (χ0n) is 4.43. The van der Waals surface area contributed by atoms with E-state index in [0.717, 1.165) is 0 Å². The van der Waals surface area contributed by atoms with E-state index < -0.39 is 6.03 Å². The second-order valence-corrected chi connectivity index (χ2v) is 2.54. The van der Waals surface area contributed by atoms with Gasteiger partial charge in [-0.15, -0.1) is 0 Å². The molecule has 52 valence electrons. The summed E-state index contributed by atoms with van der Waals surface area (Å²) in [4.78, 5) is 0. The molecule has 0 aliphatic carbocycles. The molecule has 0 amide bonds. The maximum atomic E-state index is 5.22. The third-order valence-corrected chi connectivity index (χ3v) is 1.46. The topological polar surface area (TPSA) is 96.5 Å². The van der Waals surface area contributed by atoms with Crippen LogP contribution in [0.4, 0.5) is 0 Å². The summed E-state index contributed by atoms with van der Waals surface area (Å²) >= 11 is 1.83. The van der Waals surface area contributed by atoms with Crippen LogP contribution in [0.3, 0.4) is 0 Å². The first-order valence-corrected chi connectivity index (χ1v) is 3.20. The molecule has 9 heavy (non-hydrogen) atoms. The maximum Gasteiger partial charge on any atom is 0.378 e. The van der Waals surface area contributed by atoms with Crippen LogP contribution in [-0.4, -0.2) is 6.03 Å². The maximum absolute atomic E-state index is 5.22. The highest BCUT2D eigenvalue weighted by Crippen LogP contribution is 2.24. The van der Waals surface area contributed by atoms with E-state index in [1.54, 1.807) is 0 Å². The molecular weight excluding hydrogens is 237 g/mol. The Balaban J connectivity index is 2.70. The lowest BCUT2D eigenvalue weighted by atomic mass is 10.9. The van der Waals surface area contributed by atoms with E-state index in [1.165, 1.54) is 0 Å². The average molecular weight is 243 g/mol. The highest BCUT2D eigenvalue weighted by Gasteiger charge is 2.33. The van der Waals surface area contributed by atoms with Crippen molar-refractivity contribution in [2.45, 2.75) is 6.03 Å². The number of nitrogens with two attached hydrogens (primary N) is 3. The molecule has 0 spiro atoms. The van der Waals surface area contributed by atoms with Crippen LogP contribution in [0.15, 0.2) is 9.65 Å². The molecule has 1 rings (SSSR count). The SMILES string of the molecule is NC1=C(I)OC(N)(N)O1. The third-order valence-electron chi connectivity index (χ3n) is 0.712. The van der Waals surface area contributed by atoms with Crippen molar-refractivity contribution >= 4 is 22.6 Å². The molecule has 0 saturated heterocycles. The van der Waals surface area contributed by atoms with E-state index >= 15 is 0 Å². The van der Waals surface area contributed by atoms with Crippen LogP contribution in [0.1, 0.15) is 0 Å². The lowest BCUT2D eigenvalue weighted by Gasteiger charge is -2.15. The van der Waals surface area contributed by atoms with Gasteiger partial charge in [-0.3, -0.25) is 0 Å². The molecule has 1 heterocycles. The first-order valence-electron chi connectivity index (χ1n) is 2.12. The van der Waals surface area contributed by atoms with E-state index in [0.29, 0.717) is 3.77 Å². The monoisotopic (exact) mass is 243 g/mol. The Morgan fingerprint density at radius 3 is 2.00 bits per heavy atom. The van der Waals surface area contributed by atoms with Crippen molar-refractivity contribution < 1.29 is 9.47 Å². The van der Waals surface area contributed by atoms with Crippen LogP contribution >= 0.6 is 22.6 Å². The first-order chi connectivity index (χ1) is 4.01. The van der Waals surface area contributed by atoms with Crippen molar-refractivity contribution in [1.82, 2.24) is 0 Å². The van der Waals surface area contributed by atoms with Crippen LogP contribution in [0.25, 0.3) is 0 Å². The molecule has 1 aliphatic rings. The average Bonchev–Trinajstić information content (AvgIpc) is 1.79. The zero-order valence-corrected chi connectivity index (χ0v) is 6.58. The minimum Gasteiger partial charge on any atom is -0.416 e. The summed E-state index contributed by atoms with van der Waals surface area (Å²) in [5.74, 6) is 0.126. The van der Waals surface area contributed by atoms with Gasteiger partial charge >= 0.3 is 6.03 Å². The van der Waals surface area contributed by atoms with Crippen LogP contribution in [0, 0.1) is 0 Å². The highest BCUT2D eigenvalue weighted by atomic mass is 127. The first kappa shape index (κ1) is 6.90. The lowest BCUT2D eigenvalue weighted by molar-refractivity contribution is -0.139. The summed E-state index contributed by atoms with van der Waals surface area (Å²) in [7, 11) is 0. The van der Waals surface area contributed by atoms with E-state index in [1.807, 2.05) is 22.6 Å². The van der Waals surface area contributed by atoms with Gasteiger partial charge in [-0.25, -0.2) is 11.5 Å². The fraction of sp³-hybridized carbons (Fsp3) is 0.333. The third kappa shape index (κ3) is 1.37. The number of ether oxygens (including phenoxy) is 2. The lowest BCUT2D eigenvalue weighted by Crippen LogP contribution is -2.51. The summed E-state index contributed by atoms with van der Waals surface area (Å²) in [5, 5.41) is 0. The van der Waals surface area contributed by atoms with Gasteiger partial charge in [-0.05, 0) is 0 Å². The van der Waals surface area contributed by atoms with Crippen LogP contribution in [-0.2, 0) is 9.47 Å². The van der Waals surface area contributed by atoms with Gasteiger partial charge in [0.15, 0.2) is 0 Å². The summed E-state index contributed by atoms with van der Waals surface area (Å²) in [6.45, 7) is 0. The molecule has 0 aromatic carbocycles. The van der Waals surface area contributed by atoms with Gasteiger partial charge in [0.1, 0.15) is 0 Å². The van der Waals surface area contributed by atoms with Crippen molar-refractivity contribution in [3.63, 3.8) is 0 Å². The normalized spacial score (nSPS) is 23.4. The Labute approximate surface area is 65.3 Å². The van der Waals surface area contributed by atoms with Gasteiger partial charge in [-0.1, -0.05) is 0 Å². The van der Waals surface area contributed by atoms with Crippen LogP contribution < -0.4 is 17.2 Å². The van der Waals surface area contributed by atoms with Gasteiger partial charge in [0.05, 0.1) is 0 Å². The quantitative estimate of drug-likeness (QED) is 0.377. The van der Waals surface area contributed by atoms with Crippen molar-refractivity contribution in [2.24, 2.45) is 17.2 Å². The smallest absolute Gasteiger partial charge is 0.378 e. The van der Waals surface area contributed by atoms with Crippen molar-refractivity contribution in [1.29, 1.82) is 0 Å². The number of hydrogen-bond acceptors (Lipinski definition) is 5. The largest absolute Gasteiger partial charge is 0.416 e. The molecule has 0 atom stereocenters. The van der Waals surface area contributed by atoms with Gasteiger partial charge < -0.3 is 15.2 Å². The summed E-state index contributed by atoms with van der Waals surface area (Å²) in [6, 6.07) is -1.57.